The van der Waals surface area contributed by atoms with Crippen molar-refractivity contribution >= 4 is 11.9 Å². The normalized spacial score (nSPS) is 25.4. The average Bonchev–Trinajstić information content (AvgIpc) is 2.73. The number of carboxylic acids is 1. The van der Waals surface area contributed by atoms with Crippen LogP contribution >= 0.6 is 0 Å². The van der Waals surface area contributed by atoms with E-state index in [1.807, 2.05) is 0 Å². The standard InChI is InChI=1S/C11H17F3N2O3/c1-2-3-7(15)8(17)16-5-4-10(6-16,9(18)19)11(12,13)14/h7H,2-6,15H2,1H3,(H,18,19)/t7-,10?/m1/s1. The van der Waals surface area contributed by atoms with E-state index in [0.29, 0.717) is 12.8 Å². The van der Waals surface area contributed by atoms with Gasteiger partial charge in [0.25, 0.3) is 0 Å². The van der Waals surface area contributed by atoms with Crippen LogP contribution in [0.5, 0.6) is 0 Å². The van der Waals surface area contributed by atoms with Crippen molar-refractivity contribution in [2.24, 2.45) is 11.1 Å². The first kappa shape index (κ1) is 15.7. The summed E-state index contributed by atoms with van der Waals surface area (Å²) in [5.41, 5.74) is 2.69. The highest BCUT2D eigenvalue weighted by Gasteiger charge is 2.64. The van der Waals surface area contributed by atoms with Crippen LogP contribution in [-0.2, 0) is 9.59 Å². The van der Waals surface area contributed by atoms with Gasteiger partial charge in [-0.2, -0.15) is 13.2 Å². The molecule has 3 N–H and O–H groups in total. The van der Waals surface area contributed by atoms with E-state index in [2.05, 4.69) is 0 Å². The lowest BCUT2D eigenvalue weighted by molar-refractivity contribution is -0.227. The van der Waals surface area contributed by atoms with Gasteiger partial charge in [0, 0.05) is 13.1 Å². The minimum atomic E-state index is -4.89. The number of nitrogens with two attached hydrogens (primary N) is 1. The summed E-state index contributed by atoms with van der Waals surface area (Å²) in [6.07, 6.45) is -4.52. The zero-order valence-electron chi connectivity index (χ0n) is 10.5. The van der Waals surface area contributed by atoms with Crippen molar-refractivity contribution in [1.29, 1.82) is 0 Å². The second kappa shape index (κ2) is 5.36. The van der Waals surface area contributed by atoms with Crippen molar-refractivity contribution in [2.75, 3.05) is 13.1 Å². The van der Waals surface area contributed by atoms with Gasteiger partial charge in [0.2, 0.25) is 5.91 Å². The molecule has 0 spiro atoms. The Hall–Kier alpha value is -1.31. The fourth-order valence-electron chi connectivity index (χ4n) is 2.19. The molecule has 1 fully saturated rings. The predicted molar refractivity (Wildman–Crippen MR) is 60.2 cm³/mol. The summed E-state index contributed by atoms with van der Waals surface area (Å²) in [5.74, 6) is -2.56. The maximum Gasteiger partial charge on any atom is 0.406 e. The number of aliphatic carboxylic acids is 1. The Kier molecular flexibility index (Phi) is 4.44. The quantitative estimate of drug-likeness (QED) is 0.805. The summed E-state index contributed by atoms with van der Waals surface area (Å²) in [7, 11) is 0. The number of likely N-dealkylation sites (tertiary alicyclic amines) is 1. The summed E-state index contributed by atoms with van der Waals surface area (Å²) in [6.45, 7) is 0.707. The smallest absolute Gasteiger partial charge is 0.406 e. The van der Waals surface area contributed by atoms with E-state index < -0.39 is 42.5 Å². The molecule has 0 aromatic rings. The first-order valence-corrected chi connectivity index (χ1v) is 6.00. The molecule has 110 valence electrons. The van der Waals surface area contributed by atoms with Crippen LogP contribution in [0.4, 0.5) is 13.2 Å². The topological polar surface area (TPSA) is 83.6 Å². The molecule has 1 unspecified atom stereocenters. The van der Waals surface area contributed by atoms with Crippen LogP contribution in [0.15, 0.2) is 0 Å². The van der Waals surface area contributed by atoms with Crippen molar-refractivity contribution in [3.05, 3.63) is 0 Å². The van der Waals surface area contributed by atoms with Crippen LogP contribution in [0.2, 0.25) is 0 Å². The summed E-state index contributed by atoms with van der Waals surface area (Å²) in [5, 5.41) is 8.85. The van der Waals surface area contributed by atoms with Gasteiger partial charge in [-0.1, -0.05) is 13.3 Å². The van der Waals surface area contributed by atoms with Gasteiger partial charge in [0.1, 0.15) is 0 Å². The van der Waals surface area contributed by atoms with Crippen LogP contribution in [0.3, 0.4) is 0 Å². The van der Waals surface area contributed by atoms with Crippen molar-refractivity contribution in [3.63, 3.8) is 0 Å². The highest BCUT2D eigenvalue weighted by Crippen LogP contribution is 2.45. The van der Waals surface area contributed by atoms with E-state index in [1.54, 1.807) is 6.92 Å². The van der Waals surface area contributed by atoms with Gasteiger partial charge in [-0.15, -0.1) is 0 Å². The number of nitrogens with zero attached hydrogens (tertiary/aromatic N) is 1. The predicted octanol–water partition coefficient (Wildman–Crippen LogP) is 0.979. The van der Waals surface area contributed by atoms with Crippen molar-refractivity contribution in [1.82, 2.24) is 4.90 Å². The summed E-state index contributed by atoms with van der Waals surface area (Å²) in [6, 6.07) is -0.872. The number of carbonyl (C=O) groups is 2. The maximum absolute atomic E-state index is 12.9. The third kappa shape index (κ3) is 2.83. The minimum Gasteiger partial charge on any atom is -0.481 e. The van der Waals surface area contributed by atoms with E-state index in [1.165, 1.54) is 0 Å². The Morgan fingerprint density at radius 3 is 2.42 bits per heavy atom. The molecule has 0 aromatic heterocycles. The fourth-order valence-corrected chi connectivity index (χ4v) is 2.19. The lowest BCUT2D eigenvalue weighted by Crippen LogP contribution is -2.49. The second-order valence-corrected chi connectivity index (χ2v) is 4.79. The molecule has 1 aliphatic rings. The zero-order chi connectivity index (χ0) is 14.8. The number of halogens is 3. The van der Waals surface area contributed by atoms with Crippen LogP contribution in [0, 0.1) is 5.41 Å². The Bertz CT molecular complexity index is 373. The Morgan fingerprint density at radius 2 is 2.05 bits per heavy atom. The monoisotopic (exact) mass is 282 g/mol. The Balaban J connectivity index is 2.86. The van der Waals surface area contributed by atoms with Crippen molar-refractivity contribution < 1.29 is 27.9 Å². The second-order valence-electron chi connectivity index (χ2n) is 4.79. The van der Waals surface area contributed by atoms with Gasteiger partial charge in [-0.25, -0.2) is 0 Å². The highest BCUT2D eigenvalue weighted by atomic mass is 19.4. The van der Waals surface area contributed by atoms with E-state index in [0.717, 1.165) is 4.90 Å². The maximum atomic E-state index is 12.9. The van der Waals surface area contributed by atoms with E-state index in [-0.39, 0.29) is 6.54 Å². The van der Waals surface area contributed by atoms with Crippen LogP contribution in [-0.4, -0.2) is 47.2 Å². The molecule has 5 nitrogen and oxygen atoms in total. The lowest BCUT2D eigenvalue weighted by atomic mass is 9.86. The molecule has 8 heteroatoms. The SMILES string of the molecule is CCC[C@@H](N)C(=O)N1CCC(C(=O)O)(C(F)(F)F)C1. The summed E-state index contributed by atoms with van der Waals surface area (Å²) >= 11 is 0. The highest BCUT2D eigenvalue weighted by molar-refractivity contribution is 5.84. The molecule has 0 aromatic carbocycles. The zero-order valence-corrected chi connectivity index (χ0v) is 10.5. The van der Waals surface area contributed by atoms with Crippen molar-refractivity contribution in [3.8, 4) is 0 Å². The molecular formula is C11H17F3N2O3. The molecule has 1 aliphatic heterocycles. The molecule has 1 saturated heterocycles. The van der Waals surface area contributed by atoms with Gasteiger partial charge < -0.3 is 15.7 Å². The third-order valence-corrected chi connectivity index (χ3v) is 3.45. The number of rotatable bonds is 4. The number of carboxylic acid groups (broad SMARTS) is 1. The third-order valence-electron chi connectivity index (χ3n) is 3.45. The Morgan fingerprint density at radius 1 is 1.47 bits per heavy atom. The van der Waals surface area contributed by atoms with Gasteiger partial charge in [-0.05, 0) is 12.8 Å². The van der Waals surface area contributed by atoms with Crippen LogP contribution < -0.4 is 5.73 Å². The molecule has 19 heavy (non-hydrogen) atoms. The summed E-state index contributed by atoms with van der Waals surface area (Å²) in [4.78, 5) is 23.7. The largest absolute Gasteiger partial charge is 0.481 e. The van der Waals surface area contributed by atoms with Crippen LogP contribution in [0.1, 0.15) is 26.2 Å². The first-order valence-electron chi connectivity index (χ1n) is 6.00. The van der Waals surface area contributed by atoms with Gasteiger partial charge in [-0.3, -0.25) is 9.59 Å². The molecule has 0 bridgehead atoms. The number of hydrogen-bond donors (Lipinski definition) is 2. The van der Waals surface area contributed by atoms with E-state index in [4.69, 9.17) is 10.8 Å². The molecule has 1 heterocycles. The van der Waals surface area contributed by atoms with Crippen LogP contribution in [0.25, 0.3) is 0 Å². The molecule has 0 radical (unpaired) electrons. The number of alkyl halides is 3. The number of hydrogen-bond acceptors (Lipinski definition) is 3. The first-order chi connectivity index (χ1) is 8.65. The fraction of sp³-hybridized carbons (Fsp3) is 0.818. The molecular weight excluding hydrogens is 265 g/mol. The van der Waals surface area contributed by atoms with Gasteiger partial charge in [0.05, 0.1) is 6.04 Å². The molecule has 1 rings (SSSR count). The molecule has 1 amide bonds. The van der Waals surface area contributed by atoms with Gasteiger partial charge >= 0.3 is 12.1 Å². The number of amides is 1. The molecule has 0 aliphatic carbocycles. The molecule has 2 atom stereocenters. The van der Waals surface area contributed by atoms with E-state index >= 15 is 0 Å². The lowest BCUT2D eigenvalue weighted by Gasteiger charge is -2.28. The molecule has 0 saturated carbocycles. The van der Waals surface area contributed by atoms with Crippen molar-refractivity contribution in [2.45, 2.75) is 38.4 Å². The van der Waals surface area contributed by atoms with Gasteiger partial charge in [0.15, 0.2) is 5.41 Å². The van der Waals surface area contributed by atoms with E-state index in [9.17, 15) is 22.8 Å². The Labute approximate surface area is 108 Å². The minimum absolute atomic E-state index is 0.234. The summed E-state index contributed by atoms with van der Waals surface area (Å²) < 4.78 is 38.7. The average molecular weight is 282 g/mol. The number of carbonyl (C=O) groups excluding carboxylic acids is 1.